The van der Waals surface area contributed by atoms with Crippen LogP contribution >= 0.6 is 0 Å². The summed E-state index contributed by atoms with van der Waals surface area (Å²) in [6.07, 6.45) is 4.32. The fourth-order valence-corrected chi connectivity index (χ4v) is 2.07. The second kappa shape index (κ2) is 4.78. The van der Waals surface area contributed by atoms with Crippen LogP contribution in [0, 0.1) is 10.8 Å². The van der Waals surface area contributed by atoms with E-state index in [4.69, 9.17) is 11.1 Å². The number of unbranched alkanes of at least 4 members (excludes halogenated alkanes) is 1. The van der Waals surface area contributed by atoms with Gasteiger partial charge in [-0.2, -0.15) is 0 Å². The van der Waals surface area contributed by atoms with Crippen molar-refractivity contribution in [3.8, 4) is 0 Å². The molecule has 0 aromatic carbocycles. The summed E-state index contributed by atoms with van der Waals surface area (Å²) in [5.74, 6) is 0.326. The summed E-state index contributed by atoms with van der Waals surface area (Å²) in [7, 11) is 0. The molecule has 0 unspecified atom stereocenters. The monoisotopic (exact) mass is 197 g/mol. The molecule has 14 heavy (non-hydrogen) atoms. The molecule has 1 saturated heterocycles. The van der Waals surface area contributed by atoms with Gasteiger partial charge >= 0.3 is 0 Å². The molecular weight excluding hydrogens is 174 g/mol. The molecule has 1 aliphatic rings. The Morgan fingerprint density at radius 3 is 2.64 bits per heavy atom. The molecule has 0 aliphatic carbocycles. The molecule has 0 saturated carbocycles. The van der Waals surface area contributed by atoms with Crippen molar-refractivity contribution < 1.29 is 0 Å². The van der Waals surface area contributed by atoms with Crippen molar-refractivity contribution >= 4 is 5.84 Å². The van der Waals surface area contributed by atoms with E-state index in [-0.39, 0.29) is 0 Å². The van der Waals surface area contributed by atoms with Gasteiger partial charge < -0.3 is 10.6 Å². The van der Waals surface area contributed by atoms with Gasteiger partial charge in [0.15, 0.2) is 0 Å². The van der Waals surface area contributed by atoms with Crippen molar-refractivity contribution in [2.75, 3.05) is 19.6 Å². The van der Waals surface area contributed by atoms with E-state index < -0.39 is 0 Å². The molecular formula is C11H23N3. The lowest BCUT2D eigenvalue weighted by atomic mass is 9.93. The van der Waals surface area contributed by atoms with Crippen LogP contribution in [0.1, 0.15) is 39.5 Å². The standard InChI is InChI=1S/C11H23N3/c1-11(2)6-8-14(9-11)7-4-3-5-10(12)13/h3-9H2,1-2H3,(H3,12,13). The fourth-order valence-electron chi connectivity index (χ4n) is 2.07. The minimum Gasteiger partial charge on any atom is -0.388 e. The van der Waals surface area contributed by atoms with Crippen molar-refractivity contribution in [2.45, 2.75) is 39.5 Å². The van der Waals surface area contributed by atoms with Crippen LogP contribution in [0.2, 0.25) is 0 Å². The molecule has 0 aromatic heterocycles. The maximum atomic E-state index is 7.11. The zero-order chi connectivity index (χ0) is 10.6. The number of amidine groups is 1. The lowest BCUT2D eigenvalue weighted by Crippen LogP contribution is -2.24. The van der Waals surface area contributed by atoms with Crippen LogP contribution in [0.25, 0.3) is 0 Å². The summed E-state index contributed by atoms with van der Waals surface area (Å²) in [4.78, 5) is 2.53. The first-order valence-electron chi connectivity index (χ1n) is 5.55. The van der Waals surface area contributed by atoms with Gasteiger partial charge in [0, 0.05) is 13.0 Å². The summed E-state index contributed by atoms with van der Waals surface area (Å²) in [5, 5.41) is 7.11. The Kier molecular flexibility index (Phi) is 3.93. The lowest BCUT2D eigenvalue weighted by Gasteiger charge is -2.19. The SMILES string of the molecule is CC1(C)CCN(CCCCC(=N)N)C1. The third kappa shape index (κ3) is 4.09. The molecule has 3 nitrogen and oxygen atoms in total. The molecule has 0 bridgehead atoms. The Morgan fingerprint density at radius 2 is 2.14 bits per heavy atom. The van der Waals surface area contributed by atoms with E-state index in [2.05, 4.69) is 18.7 Å². The first-order chi connectivity index (χ1) is 6.49. The molecule has 0 aromatic rings. The first kappa shape index (κ1) is 11.5. The molecule has 3 N–H and O–H groups in total. The topological polar surface area (TPSA) is 53.1 Å². The number of hydrogen-bond donors (Lipinski definition) is 2. The largest absolute Gasteiger partial charge is 0.388 e. The van der Waals surface area contributed by atoms with Crippen molar-refractivity contribution in [2.24, 2.45) is 11.1 Å². The van der Waals surface area contributed by atoms with Crippen molar-refractivity contribution in [1.82, 2.24) is 4.90 Å². The van der Waals surface area contributed by atoms with E-state index in [1.807, 2.05) is 0 Å². The van der Waals surface area contributed by atoms with Crippen LogP contribution < -0.4 is 5.73 Å². The Hall–Kier alpha value is -0.570. The van der Waals surface area contributed by atoms with E-state index >= 15 is 0 Å². The molecule has 0 atom stereocenters. The molecule has 0 spiro atoms. The molecule has 82 valence electrons. The second-order valence-electron chi connectivity index (χ2n) is 5.17. The summed E-state index contributed by atoms with van der Waals surface area (Å²) in [5.41, 5.74) is 5.81. The van der Waals surface area contributed by atoms with Gasteiger partial charge in [0.2, 0.25) is 0 Å². The Labute approximate surface area is 87.2 Å². The number of rotatable bonds is 5. The minimum absolute atomic E-state index is 0.326. The third-order valence-electron chi connectivity index (χ3n) is 2.93. The van der Waals surface area contributed by atoms with E-state index in [1.165, 1.54) is 32.5 Å². The highest BCUT2D eigenvalue weighted by atomic mass is 15.1. The van der Waals surface area contributed by atoms with Crippen LogP contribution in [-0.2, 0) is 0 Å². The van der Waals surface area contributed by atoms with E-state index in [9.17, 15) is 0 Å². The normalized spacial score (nSPS) is 21.3. The van der Waals surface area contributed by atoms with Gasteiger partial charge in [-0.05, 0) is 37.8 Å². The number of nitrogens with zero attached hydrogens (tertiary/aromatic N) is 1. The summed E-state index contributed by atoms with van der Waals surface area (Å²) in [6.45, 7) is 8.32. The average Bonchev–Trinajstić information content (AvgIpc) is 2.39. The zero-order valence-electron chi connectivity index (χ0n) is 9.47. The Bertz CT molecular complexity index is 199. The van der Waals surface area contributed by atoms with Crippen LogP contribution in [0.15, 0.2) is 0 Å². The number of likely N-dealkylation sites (tertiary alicyclic amines) is 1. The molecule has 1 heterocycles. The quantitative estimate of drug-likeness (QED) is 0.401. The fraction of sp³-hybridized carbons (Fsp3) is 0.909. The van der Waals surface area contributed by atoms with Gasteiger partial charge in [-0.25, -0.2) is 0 Å². The molecule has 0 radical (unpaired) electrons. The first-order valence-corrected chi connectivity index (χ1v) is 5.55. The van der Waals surface area contributed by atoms with Gasteiger partial charge in [0.25, 0.3) is 0 Å². The van der Waals surface area contributed by atoms with Crippen LogP contribution in [0.4, 0.5) is 0 Å². The minimum atomic E-state index is 0.326. The number of nitrogens with two attached hydrogens (primary N) is 1. The average molecular weight is 197 g/mol. The zero-order valence-corrected chi connectivity index (χ0v) is 9.47. The van der Waals surface area contributed by atoms with E-state index in [1.54, 1.807) is 0 Å². The predicted octanol–water partition coefficient (Wildman–Crippen LogP) is 1.82. The summed E-state index contributed by atoms with van der Waals surface area (Å²) < 4.78 is 0. The van der Waals surface area contributed by atoms with Crippen LogP contribution in [-0.4, -0.2) is 30.4 Å². The summed E-state index contributed by atoms with van der Waals surface area (Å²) in [6, 6.07) is 0. The van der Waals surface area contributed by atoms with Gasteiger partial charge in [-0.15, -0.1) is 0 Å². The predicted molar refractivity (Wildman–Crippen MR) is 60.6 cm³/mol. The van der Waals surface area contributed by atoms with Crippen molar-refractivity contribution in [3.05, 3.63) is 0 Å². The number of nitrogens with one attached hydrogen (secondary N) is 1. The molecule has 1 aliphatic heterocycles. The molecule has 1 fully saturated rings. The van der Waals surface area contributed by atoms with Crippen molar-refractivity contribution in [3.63, 3.8) is 0 Å². The van der Waals surface area contributed by atoms with Crippen LogP contribution in [0.5, 0.6) is 0 Å². The molecule has 1 rings (SSSR count). The van der Waals surface area contributed by atoms with Gasteiger partial charge in [0.05, 0.1) is 5.84 Å². The third-order valence-corrected chi connectivity index (χ3v) is 2.93. The maximum absolute atomic E-state index is 7.11. The number of hydrogen-bond acceptors (Lipinski definition) is 2. The smallest absolute Gasteiger partial charge is 0.0905 e. The van der Waals surface area contributed by atoms with E-state index in [0.717, 1.165) is 12.8 Å². The molecule has 0 amide bonds. The van der Waals surface area contributed by atoms with Crippen molar-refractivity contribution in [1.29, 1.82) is 5.41 Å². The highest BCUT2D eigenvalue weighted by molar-refractivity contribution is 5.76. The Balaban J connectivity index is 2.06. The van der Waals surface area contributed by atoms with Gasteiger partial charge in [-0.3, -0.25) is 5.41 Å². The highest BCUT2D eigenvalue weighted by Gasteiger charge is 2.28. The van der Waals surface area contributed by atoms with Gasteiger partial charge in [0.1, 0.15) is 0 Å². The summed E-state index contributed by atoms with van der Waals surface area (Å²) >= 11 is 0. The van der Waals surface area contributed by atoms with E-state index in [0.29, 0.717) is 11.3 Å². The lowest BCUT2D eigenvalue weighted by molar-refractivity contribution is 0.286. The van der Waals surface area contributed by atoms with Crippen LogP contribution in [0.3, 0.4) is 0 Å². The highest BCUT2D eigenvalue weighted by Crippen LogP contribution is 2.28. The van der Waals surface area contributed by atoms with Gasteiger partial charge in [-0.1, -0.05) is 13.8 Å². The molecule has 3 heteroatoms. The maximum Gasteiger partial charge on any atom is 0.0905 e. The Morgan fingerprint density at radius 1 is 1.43 bits per heavy atom. The second-order valence-corrected chi connectivity index (χ2v) is 5.17.